The fraction of sp³-hybridized carbons (Fsp3) is 0.205. The molecular weight excluding hydrogens is 891 g/mol. The summed E-state index contributed by atoms with van der Waals surface area (Å²) in [4.78, 5) is 2.59. The molecule has 0 fully saturated rings. The molecule has 360 valence electrons. The minimum absolute atomic E-state index is 0.152. The highest BCUT2D eigenvalue weighted by Gasteiger charge is 2.53. The molecule has 5 aliphatic rings. The van der Waals surface area contributed by atoms with Gasteiger partial charge in [0.1, 0.15) is 0 Å². The third-order valence-electron chi connectivity index (χ3n) is 18.1. The molecule has 0 bridgehead atoms. The van der Waals surface area contributed by atoms with Crippen LogP contribution in [0.25, 0.3) is 27.5 Å². The molecule has 3 atom stereocenters. The van der Waals surface area contributed by atoms with Crippen LogP contribution in [0.4, 0.5) is 5.69 Å². The second-order valence-electron chi connectivity index (χ2n) is 22.3. The molecule has 14 rings (SSSR count). The summed E-state index contributed by atoms with van der Waals surface area (Å²) in [6.45, 7) is 5.85. The molecule has 0 amide bonds. The summed E-state index contributed by atoms with van der Waals surface area (Å²) in [6, 6.07) is 77.2. The Balaban J connectivity index is 0.777. The van der Waals surface area contributed by atoms with Crippen molar-refractivity contribution >= 4 is 22.0 Å². The van der Waals surface area contributed by atoms with Crippen LogP contribution in [-0.4, -0.2) is 6.54 Å². The third-order valence-corrected chi connectivity index (χ3v) is 18.1. The van der Waals surface area contributed by atoms with E-state index in [0.717, 1.165) is 64.3 Å². The van der Waals surface area contributed by atoms with Gasteiger partial charge in [0.15, 0.2) is 0 Å². The summed E-state index contributed by atoms with van der Waals surface area (Å²) >= 11 is 0. The highest BCUT2D eigenvalue weighted by molar-refractivity contribution is 5.97. The Morgan fingerprint density at radius 3 is 2.09 bits per heavy atom. The monoisotopic (exact) mass is 953 g/mol. The first kappa shape index (κ1) is 44.9. The smallest absolute Gasteiger partial charge is 0.0723 e. The van der Waals surface area contributed by atoms with Crippen LogP contribution in [0.2, 0.25) is 0 Å². The van der Waals surface area contributed by atoms with E-state index in [1.807, 2.05) is 0 Å². The quantitative estimate of drug-likeness (QED) is 0.139. The van der Waals surface area contributed by atoms with Crippen molar-refractivity contribution in [3.8, 4) is 11.1 Å². The number of fused-ring (bicyclic) bond motifs is 13. The average Bonchev–Trinajstić information content (AvgIpc) is 3.73. The highest BCUT2D eigenvalue weighted by atomic mass is 15.1. The topological polar surface area (TPSA) is 3.24 Å². The second kappa shape index (κ2) is 18.0. The molecule has 0 radical (unpaired) electrons. The SMILES string of the molecule is Cc1cccc2c1-c1ccccc1C21C2=C(CC=CC(N3CCCc4ccccc43)=C2)c2ccc(CCc3ccc4cc(CC5(C)c6ccccc6CC(CCc6ccccc6)c6ccccc65)ccc4c3)cc21. The highest BCUT2D eigenvalue weighted by Crippen LogP contribution is 2.64. The first-order valence-electron chi connectivity index (χ1n) is 27.5. The van der Waals surface area contributed by atoms with Crippen LogP contribution in [-0.2, 0) is 49.4 Å². The predicted octanol–water partition coefficient (Wildman–Crippen LogP) is 17.1. The van der Waals surface area contributed by atoms with Gasteiger partial charge in [-0.2, -0.15) is 0 Å². The Morgan fingerprint density at radius 1 is 0.541 bits per heavy atom. The average molecular weight is 954 g/mol. The molecule has 1 heterocycles. The maximum atomic E-state index is 2.61. The maximum absolute atomic E-state index is 2.61. The fourth-order valence-corrected chi connectivity index (χ4v) is 14.7. The normalized spacial score (nSPS) is 19.9. The lowest BCUT2D eigenvalue weighted by atomic mass is 9.69. The van der Waals surface area contributed by atoms with Gasteiger partial charge in [0.25, 0.3) is 0 Å². The van der Waals surface area contributed by atoms with Gasteiger partial charge < -0.3 is 4.90 Å². The molecule has 0 aromatic heterocycles. The van der Waals surface area contributed by atoms with Crippen LogP contribution >= 0.6 is 0 Å². The second-order valence-corrected chi connectivity index (χ2v) is 22.3. The molecule has 74 heavy (non-hydrogen) atoms. The van der Waals surface area contributed by atoms with Crippen LogP contribution in [0.15, 0.2) is 230 Å². The van der Waals surface area contributed by atoms with Crippen molar-refractivity contribution in [3.63, 3.8) is 0 Å². The molecule has 3 unspecified atom stereocenters. The van der Waals surface area contributed by atoms with Crippen molar-refractivity contribution in [3.05, 3.63) is 308 Å². The van der Waals surface area contributed by atoms with Crippen LogP contribution in [0, 0.1) is 6.92 Å². The van der Waals surface area contributed by atoms with Crippen LogP contribution < -0.4 is 4.90 Å². The lowest BCUT2D eigenvalue weighted by molar-refractivity contribution is 0.560. The number of para-hydroxylation sites is 1. The molecule has 0 saturated carbocycles. The Morgan fingerprint density at radius 2 is 1.23 bits per heavy atom. The fourth-order valence-electron chi connectivity index (χ4n) is 14.7. The molecule has 1 nitrogen and oxygen atoms in total. The van der Waals surface area contributed by atoms with Crippen molar-refractivity contribution in [2.75, 3.05) is 11.4 Å². The first-order chi connectivity index (χ1) is 36.4. The van der Waals surface area contributed by atoms with Crippen molar-refractivity contribution in [2.45, 2.75) is 88.4 Å². The number of rotatable bonds is 9. The van der Waals surface area contributed by atoms with E-state index >= 15 is 0 Å². The number of allylic oxidation sites excluding steroid dienone is 5. The van der Waals surface area contributed by atoms with Crippen molar-refractivity contribution in [2.24, 2.45) is 0 Å². The zero-order valence-electron chi connectivity index (χ0n) is 42.9. The number of aryl methyl sites for hydroxylation is 5. The maximum Gasteiger partial charge on any atom is 0.0723 e. The lowest BCUT2D eigenvalue weighted by Gasteiger charge is -2.35. The number of nitrogens with zero attached hydrogens (tertiary/aromatic N) is 1. The predicted molar refractivity (Wildman–Crippen MR) is 309 cm³/mol. The number of benzene rings is 9. The van der Waals surface area contributed by atoms with E-state index in [0.29, 0.717) is 5.92 Å². The minimum atomic E-state index is -0.395. The van der Waals surface area contributed by atoms with Gasteiger partial charge in [-0.3, -0.25) is 0 Å². The molecule has 0 N–H and O–H groups in total. The van der Waals surface area contributed by atoms with Crippen LogP contribution in [0.1, 0.15) is 110 Å². The van der Waals surface area contributed by atoms with Gasteiger partial charge in [-0.05, 0) is 200 Å². The molecular formula is C73H63N. The largest absolute Gasteiger partial charge is 0.341 e. The third kappa shape index (κ3) is 7.26. The zero-order valence-corrected chi connectivity index (χ0v) is 42.9. The number of hydrogen-bond acceptors (Lipinski definition) is 1. The molecule has 0 saturated heterocycles. The number of anilines is 1. The van der Waals surface area contributed by atoms with Gasteiger partial charge in [0.2, 0.25) is 0 Å². The summed E-state index contributed by atoms with van der Waals surface area (Å²) in [6.07, 6.45) is 16.9. The summed E-state index contributed by atoms with van der Waals surface area (Å²) in [7, 11) is 0. The van der Waals surface area contributed by atoms with Crippen molar-refractivity contribution in [1.82, 2.24) is 0 Å². The van der Waals surface area contributed by atoms with Gasteiger partial charge in [0, 0.05) is 23.3 Å². The van der Waals surface area contributed by atoms with E-state index in [1.165, 1.54) is 122 Å². The van der Waals surface area contributed by atoms with E-state index in [-0.39, 0.29) is 5.41 Å². The van der Waals surface area contributed by atoms with Crippen molar-refractivity contribution in [1.29, 1.82) is 0 Å². The standard InChI is InChI=1S/C73H63N/c1-49-17-14-30-67-71(49)63-25-9-12-29-66(63)73(67)68-45-52(37-41-62(68)61-26-15-23-59(47-69(61)73)74-42-16-22-54-20-7-13-31-70(54)74)33-32-51-35-38-56-44-53(36-39-55(56)43-51)48-72(2)64-27-10-6-21-58(64)46-57(60-24-8-11-28-65(60)72)40-34-50-18-4-3-5-19-50/h3-15,17-21,23-25,27-31,35-39,41,43-45,47,57H,16,22,26,32-34,40,42,46,48H2,1-2H3. The Labute approximate surface area is 438 Å². The van der Waals surface area contributed by atoms with Gasteiger partial charge in [-0.1, -0.05) is 207 Å². The van der Waals surface area contributed by atoms with Gasteiger partial charge >= 0.3 is 0 Å². The zero-order chi connectivity index (χ0) is 49.4. The molecule has 9 aromatic rings. The lowest BCUT2D eigenvalue weighted by Crippen LogP contribution is -2.30. The minimum Gasteiger partial charge on any atom is -0.341 e. The summed E-state index contributed by atoms with van der Waals surface area (Å²) in [5.74, 6) is 0.473. The van der Waals surface area contributed by atoms with E-state index < -0.39 is 5.41 Å². The Kier molecular flexibility index (Phi) is 10.9. The Hall–Kier alpha value is -7.74. The van der Waals surface area contributed by atoms with E-state index in [4.69, 9.17) is 0 Å². The number of hydrogen-bond donors (Lipinski definition) is 0. The van der Waals surface area contributed by atoms with E-state index in [2.05, 4.69) is 237 Å². The molecule has 1 aliphatic heterocycles. The van der Waals surface area contributed by atoms with Crippen LogP contribution in [0.3, 0.4) is 0 Å². The van der Waals surface area contributed by atoms with Crippen LogP contribution in [0.5, 0.6) is 0 Å². The van der Waals surface area contributed by atoms with E-state index in [1.54, 1.807) is 0 Å². The molecule has 4 aliphatic carbocycles. The van der Waals surface area contributed by atoms with Gasteiger partial charge in [0.05, 0.1) is 5.41 Å². The summed E-state index contributed by atoms with van der Waals surface area (Å²) in [5, 5.41) is 2.64. The van der Waals surface area contributed by atoms with Gasteiger partial charge in [-0.15, -0.1) is 0 Å². The summed E-state index contributed by atoms with van der Waals surface area (Å²) < 4.78 is 0. The van der Waals surface area contributed by atoms with E-state index in [9.17, 15) is 0 Å². The molecule has 1 heteroatoms. The summed E-state index contributed by atoms with van der Waals surface area (Å²) in [5.41, 5.74) is 27.9. The first-order valence-corrected chi connectivity index (χ1v) is 27.5. The van der Waals surface area contributed by atoms with Crippen molar-refractivity contribution < 1.29 is 0 Å². The molecule has 1 spiro atoms. The Bertz CT molecular complexity index is 3790. The van der Waals surface area contributed by atoms with Gasteiger partial charge in [-0.25, -0.2) is 0 Å². The molecule has 9 aromatic carbocycles.